The van der Waals surface area contributed by atoms with Gasteiger partial charge in [-0.05, 0) is 35.4 Å². The molecule has 0 aliphatic heterocycles. The van der Waals surface area contributed by atoms with Crippen molar-refractivity contribution in [3.63, 3.8) is 0 Å². The van der Waals surface area contributed by atoms with E-state index in [-0.39, 0.29) is 5.78 Å². The number of carbonyl (C=O) groups excluding carboxylic acids is 1. The zero-order valence-electron chi connectivity index (χ0n) is 17.3. The molecule has 0 N–H and O–H groups in total. The highest BCUT2D eigenvalue weighted by atomic mass is 32.2. The molecule has 156 valence electrons. The normalized spacial score (nSPS) is 10.7. The van der Waals surface area contributed by atoms with Crippen molar-refractivity contribution < 1.29 is 9.53 Å². The predicted molar refractivity (Wildman–Crippen MR) is 123 cm³/mol. The smallest absolute Gasteiger partial charge is 0.191 e. The fourth-order valence-electron chi connectivity index (χ4n) is 3.25. The Hall–Kier alpha value is -3.38. The first-order valence-corrected chi connectivity index (χ1v) is 11.0. The summed E-state index contributed by atoms with van der Waals surface area (Å²) in [5.41, 5.74) is 3.00. The molecule has 1 heterocycles. The van der Waals surface area contributed by atoms with Crippen LogP contribution in [0, 0.1) is 0 Å². The summed E-state index contributed by atoms with van der Waals surface area (Å²) in [6, 6.07) is 27.6. The Morgan fingerprint density at radius 1 is 0.871 bits per heavy atom. The van der Waals surface area contributed by atoms with Gasteiger partial charge in [-0.15, -0.1) is 10.2 Å². The average molecular weight is 430 g/mol. The molecule has 4 rings (SSSR count). The van der Waals surface area contributed by atoms with E-state index in [1.807, 2.05) is 36.4 Å². The average Bonchev–Trinajstić information content (AvgIpc) is 3.19. The summed E-state index contributed by atoms with van der Waals surface area (Å²) in [5, 5.41) is 9.60. The molecule has 0 aliphatic rings. The predicted octanol–water partition coefficient (Wildman–Crippen LogP) is 4.90. The largest absolute Gasteiger partial charge is 0.497 e. The maximum Gasteiger partial charge on any atom is 0.191 e. The minimum absolute atomic E-state index is 0.0477. The van der Waals surface area contributed by atoms with Crippen molar-refractivity contribution in [1.82, 2.24) is 14.8 Å². The Bertz CT molecular complexity index is 1130. The van der Waals surface area contributed by atoms with Crippen LogP contribution in [0.2, 0.25) is 0 Å². The second-order valence-corrected chi connectivity index (χ2v) is 8.02. The lowest BCUT2D eigenvalue weighted by molar-refractivity contribution is 0.102. The van der Waals surface area contributed by atoms with Gasteiger partial charge >= 0.3 is 0 Å². The molecule has 3 aromatic carbocycles. The molecular weight excluding hydrogens is 406 g/mol. The Balaban J connectivity index is 1.53. The highest BCUT2D eigenvalue weighted by Gasteiger charge is 2.16. The van der Waals surface area contributed by atoms with Gasteiger partial charge in [0, 0.05) is 12.0 Å². The van der Waals surface area contributed by atoms with Crippen molar-refractivity contribution in [2.75, 3.05) is 12.9 Å². The number of ether oxygens (including phenoxy) is 1. The van der Waals surface area contributed by atoms with Gasteiger partial charge in [0.15, 0.2) is 10.9 Å². The molecule has 0 amide bonds. The monoisotopic (exact) mass is 429 g/mol. The number of carbonyl (C=O) groups is 1. The maximum absolute atomic E-state index is 12.7. The van der Waals surface area contributed by atoms with E-state index < -0.39 is 0 Å². The number of ketones is 1. The van der Waals surface area contributed by atoms with Crippen LogP contribution in [0.5, 0.6) is 5.75 Å². The van der Waals surface area contributed by atoms with Gasteiger partial charge in [-0.1, -0.05) is 72.4 Å². The van der Waals surface area contributed by atoms with Gasteiger partial charge in [0.25, 0.3) is 0 Å². The molecule has 6 heteroatoms. The number of thioether (sulfide) groups is 1. The molecule has 0 bridgehead atoms. The second-order valence-electron chi connectivity index (χ2n) is 7.07. The van der Waals surface area contributed by atoms with Crippen molar-refractivity contribution in [2.24, 2.45) is 0 Å². The highest BCUT2D eigenvalue weighted by Crippen LogP contribution is 2.22. The molecule has 4 aromatic rings. The van der Waals surface area contributed by atoms with Crippen LogP contribution < -0.4 is 4.74 Å². The van der Waals surface area contributed by atoms with Gasteiger partial charge in [-0.2, -0.15) is 0 Å². The first kappa shape index (κ1) is 20.9. The Morgan fingerprint density at radius 3 is 2.16 bits per heavy atom. The van der Waals surface area contributed by atoms with Gasteiger partial charge < -0.3 is 9.30 Å². The number of benzene rings is 3. The summed E-state index contributed by atoms with van der Waals surface area (Å²) in [5.74, 6) is 1.96. The fourth-order valence-corrected chi connectivity index (χ4v) is 4.10. The Kier molecular flexibility index (Phi) is 6.79. The molecule has 31 heavy (non-hydrogen) atoms. The lowest BCUT2D eigenvalue weighted by Gasteiger charge is -2.10. The number of rotatable bonds is 9. The molecule has 0 spiro atoms. The number of nitrogens with zero attached hydrogens (tertiary/aromatic N) is 3. The van der Waals surface area contributed by atoms with Crippen molar-refractivity contribution in [1.29, 1.82) is 0 Å². The van der Waals surface area contributed by atoms with E-state index in [0.29, 0.717) is 24.3 Å². The van der Waals surface area contributed by atoms with Crippen LogP contribution in [0.1, 0.15) is 27.3 Å². The zero-order chi connectivity index (χ0) is 21.5. The van der Waals surface area contributed by atoms with Crippen LogP contribution in [0.15, 0.2) is 90.1 Å². The highest BCUT2D eigenvalue weighted by molar-refractivity contribution is 7.99. The van der Waals surface area contributed by atoms with Crippen LogP contribution in [0.25, 0.3) is 0 Å². The molecule has 0 unspecified atom stereocenters. The first-order chi connectivity index (χ1) is 15.2. The van der Waals surface area contributed by atoms with E-state index in [4.69, 9.17) is 4.74 Å². The van der Waals surface area contributed by atoms with E-state index in [1.54, 1.807) is 31.4 Å². The number of hydrogen-bond acceptors (Lipinski definition) is 5. The van der Waals surface area contributed by atoms with Gasteiger partial charge in [0.2, 0.25) is 0 Å². The summed E-state index contributed by atoms with van der Waals surface area (Å²) in [4.78, 5) is 12.7. The summed E-state index contributed by atoms with van der Waals surface area (Å²) in [6.45, 7) is 0.662. The van der Waals surface area contributed by atoms with Crippen LogP contribution >= 0.6 is 11.8 Å². The molecule has 0 saturated carbocycles. The molecule has 0 fully saturated rings. The third kappa shape index (κ3) is 5.41. The molecule has 1 aromatic heterocycles. The van der Waals surface area contributed by atoms with Crippen LogP contribution in [0.3, 0.4) is 0 Å². The minimum atomic E-state index is 0.0477. The summed E-state index contributed by atoms with van der Waals surface area (Å²) in [6.07, 6.45) is 0.688. The van der Waals surface area contributed by atoms with Crippen molar-refractivity contribution in [2.45, 2.75) is 18.1 Å². The van der Waals surface area contributed by atoms with Crippen LogP contribution in [-0.2, 0) is 13.0 Å². The van der Waals surface area contributed by atoms with Crippen molar-refractivity contribution in [3.05, 3.63) is 107 Å². The van der Waals surface area contributed by atoms with Gasteiger partial charge in [-0.25, -0.2) is 0 Å². The van der Waals surface area contributed by atoms with Gasteiger partial charge in [-0.3, -0.25) is 4.79 Å². The SMILES string of the molecule is COc1ccc(C(=O)CSc2nnc(Cc3ccccc3)n2Cc2ccccc2)cc1. The molecule has 0 aliphatic carbocycles. The number of aromatic nitrogens is 3. The van der Waals surface area contributed by atoms with Crippen molar-refractivity contribution in [3.8, 4) is 5.75 Å². The molecule has 0 atom stereocenters. The Morgan fingerprint density at radius 2 is 1.52 bits per heavy atom. The number of Topliss-reactive ketones (excluding diaryl/α,β-unsaturated/α-hetero) is 1. The number of methoxy groups -OCH3 is 1. The summed E-state index contributed by atoms with van der Waals surface area (Å²) in [7, 11) is 1.61. The van der Waals surface area contributed by atoms with E-state index in [0.717, 1.165) is 16.7 Å². The van der Waals surface area contributed by atoms with E-state index in [1.165, 1.54) is 22.9 Å². The lowest BCUT2D eigenvalue weighted by Crippen LogP contribution is -2.09. The molecule has 0 radical (unpaired) electrons. The second kappa shape index (κ2) is 10.1. The fraction of sp³-hybridized carbons (Fsp3) is 0.160. The molecule has 0 saturated heterocycles. The van der Waals surface area contributed by atoms with Crippen molar-refractivity contribution >= 4 is 17.5 Å². The lowest BCUT2D eigenvalue weighted by atomic mass is 10.1. The van der Waals surface area contributed by atoms with E-state index in [2.05, 4.69) is 39.0 Å². The maximum atomic E-state index is 12.7. The summed E-state index contributed by atoms with van der Waals surface area (Å²) < 4.78 is 7.27. The third-order valence-electron chi connectivity index (χ3n) is 4.93. The van der Waals surface area contributed by atoms with E-state index >= 15 is 0 Å². The Labute approximate surface area is 186 Å². The third-order valence-corrected chi connectivity index (χ3v) is 5.89. The van der Waals surface area contributed by atoms with E-state index in [9.17, 15) is 4.79 Å². The standard InChI is InChI=1S/C25H23N3O2S/c1-30-22-14-12-21(13-15-22)23(29)18-31-25-27-26-24(16-19-8-4-2-5-9-19)28(25)17-20-10-6-3-7-11-20/h2-15H,16-18H2,1H3. The topological polar surface area (TPSA) is 57.0 Å². The van der Waals surface area contributed by atoms with Gasteiger partial charge in [0.1, 0.15) is 11.6 Å². The van der Waals surface area contributed by atoms with Crippen LogP contribution in [-0.4, -0.2) is 33.4 Å². The quantitative estimate of drug-likeness (QED) is 0.280. The molecule has 5 nitrogen and oxygen atoms in total. The first-order valence-electron chi connectivity index (χ1n) is 10.0. The number of hydrogen-bond donors (Lipinski definition) is 0. The van der Waals surface area contributed by atoms with Crippen LogP contribution in [0.4, 0.5) is 0 Å². The minimum Gasteiger partial charge on any atom is -0.497 e. The molecular formula is C25H23N3O2S. The zero-order valence-corrected chi connectivity index (χ0v) is 18.1. The van der Waals surface area contributed by atoms with Gasteiger partial charge in [0.05, 0.1) is 19.4 Å². The summed E-state index contributed by atoms with van der Waals surface area (Å²) >= 11 is 1.42.